The second kappa shape index (κ2) is 7.59. The van der Waals surface area contributed by atoms with Crippen LogP contribution >= 0.6 is 0 Å². The van der Waals surface area contributed by atoms with E-state index in [4.69, 9.17) is 18.9 Å². The van der Waals surface area contributed by atoms with E-state index >= 15 is 0 Å². The smallest absolute Gasteiger partial charge is 0.410 e. The second-order valence-corrected chi connectivity index (χ2v) is 6.92. The summed E-state index contributed by atoms with van der Waals surface area (Å²) in [4.78, 5) is 13.3. The minimum atomic E-state index is -0.586. The van der Waals surface area contributed by atoms with Crippen LogP contribution in [0.5, 0.6) is 0 Å². The van der Waals surface area contributed by atoms with Gasteiger partial charge in [0.2, 0.25) is 0 Å². The van der Waals surface area contributed by atoms with Gasteiger partial charge in [-0.15, -0.1) is 0 Å². The summed E-state index contributed by atoms with van der Waals surface area (Å²) in [6, 6.07) is -0.467. The molecule has 0 aromatic heterocycles. The first kappa shape index (κ1) is 19.2. The lowest BCUT2D eigenvalue weighted by Crippen LogP contribution is -2.45. The molecule has 0 radical (unpaired) electrons. The number of nitrogens with zero attached hydrogens (tertiary/aromatic N) is 1. The summed E-state index contributed by atoms with van der Waals surface area (Å²) in [6.07, 6.45) is -0.627. The van der Waals surface area contributed by atoms with Crippen molar-refractivity contribution in [3.63, 3.8) is 0 Å². The maximum atomic E-state index is 12.0. The molecule has 1 heterocycles. The minimum Gasteiger partial charge on any atom is -0.444 e. The van der Waals surface area contributed by atoms with Gasteiger partial charge in [-0.2, -0.15) is 0 Å². The molecule has 1 aliphatic rings. The van der Waals surface area contributed by atoms with Gasteiger partial charge in [-0.25, -0.2) is 4.79 Å². The van der Waals surface area contributed by atoms with Crippen molar-refractivity contribution < 1.29 is 28.8 Å². The van der Waals surface area contributed by atoms with Crippen molar-refractivity contribution in [1.82, 2.24) is 4.90 Å². The predicted molar refractivity (Wildman–Crippen MR) is 80.6 cm³/mol. The van der Waals surface area contributed by atoms with Crippen molar-refractivity contribution in [1.29, 1.82) is 0 Å². The lowest BCUT2D eigenvalue weighted by molar-refractivity contribution is -0.145. The number of carbonyl (C=O) groups excluding carboxylic acids is 1. The van der Waals surface area contributed by atoms with Crippen LogP contribution in [0.1, 0.15) is 34.6 Å². The van der Waals surface area contributed by atoms with Crippen molar-refractivity contribution >= 4 is 6.09 Å². The average Bonchev–Trinajstić information content (AvgIpc) is 2.71. The molecule has 2 unspecified atom stereocenters. The van der Waals surface area contributed by atoms with Crippen molar-refractivity contribution in [3.8, 4) is 0 Å². The molecule has 2 atom stereocenters. The number of rotatable bonds is 6. The summed E-state index contributed by atoms with van der Waals surface area (Å²) >= 11 is 0. The zero-order valence-electron chi connectivity index (χ0n) is 14.4. The number of hydrogen-bond donors (Lipinski definition) is 1. The first-order valence-electron chi connectivity index (χ1n) is 7.50. The second-order valence-electron chi connectivity index (χ2n) is 6.92. The summed E-state index contributed by atoms with van der Waals surface area (Å²) in [5.41, 5.74) is -0.577. The van der Waals surface area contributed by atoms with E-state index in [-0.39, 0.29) is 19.3 Å². The number of ether oxygens (including phenoxy) is 4. The fourth-order valence-electron chi connectivity index (χ4n) is 1.95. The SMILES string of the molecule is CN(C(=O)OC(C)(C)C)C(CO)COCC1COC(C)(C)O1. The van der Waals surface area contributed by atoms with Crippen LogP contribution < -0.4 is 0 Å². The summed E-state index contributed by atoms with van der Waals surface area (Å²) in [5.74, 6) is -0.586. The zero-order valence-corrected chi connectivity index (χ0v) is 14.4. The highest BCUT2D eigenvalue weighted by atomic mass is 16.7. The van der Waals surface area contributed by atoms with Gasteiger partial charge in [0.25, 0.3) is 0 Å². The molecule has 22 heavy (non-hydrogen) atoms. The molecule has 0 spiro atoms. The Bertz CT molecular complexity index is 366. The number of hydrogen-bond acceptors (Lipinski definition) is 6. The Labute approximate surface area is 132 Å². The number of carbonyl (C=O) groups is 1. The van der Waals surface area contributed by atoms with Crippen LogP contribution in [0.25, 0.3) is 0 Å². The van der Waals surface area contributed by atoms with Gasteiger partial charge in [0.05, 0.1) is 32.5 Å². The minimum absolute atomic E-state index is 0.138. The molecular weight excluding hydrogens is 290 g/mol. The molecule has 1 fully saturated rings. The maximum Gasteiger partial charge on any atom is 0.410 e. The van der Waals surface area contributed by atoms with Crippen LogP contribution in [0.15, 0.2) is 0 Å². The fraction of sp³-hybridized carbons (Fsp3) is 0.933. The summed E-state index contributed by atoms with van der Waals surface area (Å²) in [6.45, 7) is 9.89. The Morgan fingerprint density at radius 3 is 2.55 bits per heavy atom. The van der Waals surface area contributed by atoms with Gasteiger partial charge in [0, 0.05) is 7.05 Å². The van der Waals surface area contributed by atoms with Crippen LogP contribution in [0.2, 0.25) is 0 Å². The summed E-state index contributed by atoms with van der Waals surface area (Å²) < 4.78 is 21.9. The number of likely N-dealkylation sites (N-methyl/N-ethyl adjacent to an activating group) is 1. The molecule has 0 bridgehead atoms. The number of aliphatic hydroxyl groups excluding tert-OH is 1. The Morgan fingerprint density at radius 1 is 1.45 bits per heavy atom. The normalized spacial score (nSPS) is 22.4. The Balaban J connectivity index is 2.37. The summed E-state index contributed by atoms with van der Waals surface area (Å²) in [5, 5.41) is 9.43. The van der Waals surface area contributed by atoms with Gasteiger partial charge in [0.1, 0.15) is 11.7 Å². The highest BCUT2D eigenvalue weighted by molar-refractivity contribution is 5.68. The molecule has 0 aromatic carbocycles. The van der Waals surface area contributed by atoms with Gasteiger partial charge in [0.15, 0.2) is 5.79 Å². The molecule has 7 heteroatoms. The van der Waals surface area contributed by atoms with E-state index in [0.717, 1.165) is 0 Å². The molecule has 7 nitrogen and oxygen atoms in total. The van der Waals surface area contributed by atoms with Crippen LogP contribution in [0, 0.1) is 0 Å². The summed E-state index contributed by atoms with van der Waals surface area (Å²) in [7, 11) is 1.58. The van der Waals surface area contributed by atoms with Crippen LogP contribution in [0.4, 0.5) is 4.79 Å². The Morgan fingerprint density at radius 2 is 2.09 bits per heavy atom. The van der Waals surface area contributed by atoms with Gasteiger partial charge >= 0.3 is 6.09 Å². The van der Waals surface area contributed by atoms with Gasteiger partial charge in [-0.3, -0.25) is 0 Å². The van der Waals surface area contributed by atoms with Gasteiger partial charge < -0.3 is 29.0 Å². The van der Waals surface area contributed by atoms with E-state index in [1.54, 1.807) is 27.8 Å². The third-order valence-electron chi connectivity index (χ3n) is 3.12. The number of amides is 1. The van der Waals surface area contributed by atoms with E-state index in [2.05, 4.69) is 0 Å². The van der Waals surface area contributed by atoms with E-state index < -0.39 is 23.5 Å². The molecule has 1 rings (SSSR count). The van der Waals surface area contributed by atoms with E-state index in [1.165, 1.54) is 4.90 Å². The Kier molecular flexibility index (Phi) is 6.61. The standard InChI is InChI=1S/C15H29NO6/c1-14(2,3)22-13(18)16(6)11(7-17)8-19-9-12-10-20-15(4,5)21-12/h11-12,17H,7-10H2,1-6H3. The van der Waals surface area contributed by atoms with Gasteiger partial charge in [-0.05, 0) is 34.6 Å². The van der Waals surface area contributed by atoms with E-state index in [1.807, 2.05) is 13.8 Å². The van der Waals surface area contributed by atoms with Crippen molar-refractivity contribution in [3.05, 3.63) is 0 Å². The van der Waals surface area contributed by atoms with Crippen LogP contribution in [-0.4, -0.2) is 73.1 Å². The molecule has 1 saturated heterocycles. The molecular formula is C15H29NO6. The molecule has 0 aromatic rings. The average molecular weight is 319 g/mol. The third kappa shape index (κ3) is 6.48. The van der Waals surface area contributed by atoms with Crippen molar-refractivity contribution in [2.75, 3.05) is 33.5 Å². The number of aliphatic hydroxyl groups is 1. The highest BCUT2D eigenvalue weighted by Gasteiger charge is 2.33. The molecule has 1 N–H and O–H groups in total. The lowest BCUT2D eigenvalue weighted by atomic mass is 10.2. The van der Waals surface area contributed by atoms with E-state index in [9.17, 15) is 9.90 Å². The molecule has 130 valence electrons. The highest BCUT2D eigenvalue weighted by Crippen LogP contribution is 2.22. The van der Waals surface area contributed by atoms with E-state index in [0.29, 0.717) is 13.2 Å². The maximum absolute atomic E-state index is 12.0. The first-order chi connectivity index (χ1) is 10.0. The largest absolute Gasteiger partial charge is 0.444 e. The van der Waals surface area contributed by atoms with Crippen LogP contribution in [0.3, 0.4) is 0 Å². The first-order valence-corrected chi connectivity index (χ1v) is 7.50. The topological polar surface area (TPSA) is 77.5 Å². The molecule has 0 aliphatic carbocycles. The zero-order chi connectivity index (χ0) is 17.0. The Hall–Kier alpha value is -0.890. The third-order valence-corrected chi connectivity index (χ3v) is 3.12. The fourth-order valence-corrected chi connectivity index (χ4v) is 1.95. The lowest BCUT2D eigenvalue weighted by Gasteiger charge is -2.29. The quantitative estimate of drug-likeness (QED) is 0.797. The predicted octanol–water partition coefficient (Wildman–Crippen LogP) is 1.38. The monoisotopic (exact) mass is 319 g/mol. The molecule has 1 amide bonds. The van der Waals surface area contributed by atoms with Crippen molar-refractivity contribution in [2.24, 2.45) is 0 Å². The molecule has 0 saturated carbocycles. The van der Waals surface area contributed by atoms with Crippen LogP contribution in [-0.2, 0) is 18.9 Å². The van der Waals surface area contributed by atoms with Gasteiger partial charge in [-0.1, -0.05) is 0 Å². The molecule has 1 aliphatic heterocycles. The van der Waals surface area contributed by atoms with Crippen molar-refractivity contribution in [2.45, 2.75) is 58.2 Å².